The molecule has 2 nitrogen and oxygen atoms in total. The topological polar surface area (TPSA) is 39.2 Å². The van der Waals surface area contributed by atoms with Crippen LogP contribution in [0.3, 0.4) is 0 Å². The van der Waals surface area contributed by atoms with Gasteiger partial charge in [0.15, 0.2) is 0 Å². The standard InChI is InChI=1S/C14H23NO/c1-9-10(2)16-11(3)14(9)13(15)8-12-6-4-5-7-12/h12-13H,4-8,15H2,1-3H3. The molecule has 2 rings (SSSR count). The maximum atomic E-state index is 6.33. The lowest BCUT2D eigenvalue weighted by atomic mass is 9.92. The van der Waals surface area contributed by atoms with Crippen LogP contribution in [0.5, 0.6) is 0 Å². The highest BCUT2D eigenvalue weighted by Gasteiger charge is 2.23. The highest BCUT2D eigenvalue weighted by atomic mass is 16.3. The fourth-order valence-corrected chi connectivity index (χ4v) is 3.08. The Morgan fingerprint density at radius 2 is 1.81 bits per heavy atom. The van der Waals surface area contributed by atoms with Crippen molar-refractivity contribution in [1.29, 1.82) is 0 Å². The van der Waals surface area contributed by atoms with Gasteiger partial charge >= 0.3 is 0 Å². The Morgan fingerprint density at radius 3 is 2.31 bits per heavy atom. The van der Waals surface area contributed by atoms with Gasteiger partial charge < -0.3 is 10.2 Å². The first-order valence-corrected chi connectivity index (χ1v) is 6.41. The molecule has 2 heteroatoms. The minimum absolute atomic E-state index is 0.167. The van der Waals surface area contributed by atoms with Gasteiger partial charge in [-0.1, -0.05) is 25.7 Å². The summed E-state index contributed by atoms with van der Waals surface area (Å²) in [6.45, 7) is 6.17. The van der Waals surface area contributed by atoms with Crippen LogP contribution in [0.25, 0.3) is 0 Å². The number of nitrogens with two attached hydrogens (primary N) is 1. The summed E-state index contributed by atoms with van der Waals surface area (Å²) in [7, 11) is 0. The van der Waals surface area contributed by atoms with Crippen LogP contribution in [-0.2, 0) is 0 Å². The number of hydrogen-bond acceptors (Lipinski definition) is 2. The van der Waals surface area contributed by atoms with E-state index in [1.165, 1.54) is 36.8 Å². The molecule has 0 aliphatic heterocycles. The van der Waals surface area contributed by atoms with Gasteiger partial charge in [-0.3, -0.25) is 0 Å². The van der Waals surface area contributed by atoms with Crippen LogP contribution in [-0.4, -0.2) is 0 Å². The van der Waals surface area contributed by atoms with Gasteiger partial charge in [0, 0.05) is 11.6 Å². The van der Waals surface area contributed by atoms with Gasteiger partial charge in [0.1, 0.15) is 11.5 Å². The van der Waals surface area contributed by atoms with Gasteiger partial charge in [-0.15, -0.1) is 0 Å². The summed E-state index contributed by atoms with van der Waals surface area (Å²) in [5.41, 5.74) is 8.84. The molecule has 0 radical (unpaired) electrons. The summed E-state index contributed by atoms with van der Waals surface area (Å²) in [5.74, 6) is 2.87. The summed E-state index contributed by atoms with van der Waals surface area (Å²) in [5, 5.41) is 0. The average molecular weight is 221 g/mol. The monoisotopic (exact) mass is 221 g/mol. The molecule has 2 N–H and O–H groups in total. The summed E-state index contributed by atoms with van der Waals surface area (Å²) in [6, 6.07) is 0.167. The van der Waals surface area contributed by atoms with Crippen molar-refractivity contribution in [2.45, 2.75) is 58.9 Å². The van der Waals surface area contributed by atoms with E-state index in [1.54, 1.807) is 0 Å². The van der Waals surface area contributed by atoms with Gasteiger partial charge in [0.25, 0.3) is 0 Å². The molecule has 16 heavy (non-hydrogen) atoms. The maximum Gasteiger partial charge on any atom is 0.106 e. The van der Waals surface area contributed by atoms with Crippen molar-refractivity contribution in [2.75, 3.05) is 0 Å². The van der Waals surface area contributed by atoms with E-state index in [0.717, 1.165) is 23.9 Å². The summed E-state index contributed by atoms with van der Waals surface area (Å²) >= 11 is 0. The van der Waals surface area contributed by atoms with Crippen molar-refractivity contribution in [2.24, 2.45) is 11.7 Å². The molecule has 1 unspecified atom stereocenters. The van der Waals surface area contributed by atoms with E-state index in [0.29, 0.717) is 0 Å². The number of furan rings is 1. The summed E-state index contributed by atoms with van der Waals surface area (Å²) in [4.78, 5) is 0. The minimum atomic E-state index is 0.167. The fraction of sp³-hybridized carbons (Fsp3) is 0.714. The van der Waals surface area contributed by atoms with E-state index in [9.17, 15) is 0 Å². The first-order valence-electron chi connectivity index (χ1n) is 6.41. The highest BCUT2D eigenvalue weighted by Crippen LogP contribution is 2.35. The first kappa shape index (κ1) is 11.7. The van der Waals surface area contributed by atoms with Crippen molar-refractivity contribution < 1.29 is 4.42 Å². The van der Waals surface area contributed by atoms with Crippen LogP contribution in [0.2, 0.25) is 0 Å². The zero-order valence-electron chi connectivity index (χ0n) is 10.7. The molecule has 1 heterocycles. The molecule has 1 saturated carbocycles. The first-order chi connectivity index (χ1) is 7.59. The number of rotatable bonds is 3. The van der Waals surface area contributed by atoms with Crippen LogP contribution >= 0.6 is 0 Å². The molecule has 1 aliphatic rings. The molecule has 1 fully saturated rings. The van der Waals surface area contributed by atoms with Crippen LogP contribution in [0, 0.1) is 26.7 Å². The van der Waals surface area contributed by atoms with Gasteiger partial charge in [-0.25, -0.2) is 0 Å². The Balaban J connectivity index is 2.10. The third-order valence-electron chi connectivity index (χ3n) is 4.05. The SMILES string of the molecule is Cc1oc(C)c(C(N)CC2CCCC2)c1C. The largest absolute Gasteiger partial charge is 0.466 e. The predicted molar refractivity (Wildman–Crippen MR) is 66.4 cm³/mol. The van der Waals surface area contributed by atoms with Crippen LogP contribution in [0.15, 0.2) is 4.42 Å². The summed E-state index contributed by atoms with van der Waals surface area (Å²) < 4.78 is 5.65. The molecule has 1 aliphatic carbocycles. The molecule has 90 valence electrons. The second kappa shape index (κ2) is 4.62. The Bertz CT molecular complexity index is 361. The second-order valence-corrected chi connectivity index (χ2v) is 5.25. The Morgan fingerprint density at radius 1 is 1.19 bits per heavy atom. The molecular formula is C14H23NO. The fourth-order valence-electron chi connectivity index (χ4n) is 3.08. The zero-order valence-corrected chi connectivity index (χ0v) is 10.7. The van der Waals surface area contributed by atoms with E-state index in [2.05, 4.69) is 6.92 Å². The van der Waals surface area contributed by atoms with E-state index >= 15 is 0 Å². The molecule has 1 atom stereocenters. The van der Waals surface area contributed by atoms with Gasteiger partial charge in [-0.2, -0.15) is 0 Å². The van der Waals surface area contributed by atoms with Crippen LogP contribution in [0.1, 0.15) is 60.8 Å². The lowest BCUT2D eigenvalue weighted by Crippen LogP contribution is -2.15. The second-order valence-electron chi connectivity index (χ2n) is 5.25. The molecule has 0 aromatic carbocycles. The third-order valence-corrected chi connectivity index (χ3v) is 4.05. The Labute approximate surface area is 98.2 Å². The van der Waals surface area contributed by atoms with Gasteiger partial charge in [-0.05, 0) is 38.7 Å². The van der Waals surface area contributed by atoms with Crippen molar-refractivity contribution in [3.8, 4) is 0 Å². The van der Waals surface area contributed by atoms with Crippen molar-refractivity contribution >= 4 is 0 Å². The van der Waals surface area contributed by atoms with E-state index in [-0.39, 0.29) is 6.04 Å². The van der Waals surface area contributed by atoms with E-state index in [4.69, 9.17) is 10.2 Å². The molecule has 0 bridgehead atoms. The Hall–Kier alpha value is -0.760. The molecule has 0 saturated heterocycles. The third kappa shape index (κ3) is 2.17. The zero-order chi connectivity index (χ0) is 11.7. The van der Waals surface area contributed by atoms with Crippen LogP contribution in [0.4, 0.5) is 0 Å². The number of hydrogen-bond donors (Lipinski definition) is 1. The minimum Gasteiger partial charge on any atom is -0.466 e. The molecule has 0 amide bonds. The summed E-state index contributed by atoms with van der Waals surface area (Å²) in [6.07, 6.45) is 6.63. The molecule has 1 aromatic heterocycles. The molecule has 1 aromatic rings. The van der Waals surface area contributed by atoms with E-state index in [1.807, 2.05) is 13.8 Å². The van der Waals surface area contributed by atoms with Gasteiger partial charge in [0.05, 0.1) is 0 Å². The number of aryl methyl sites for hydroxylation is 2. The van der Waals surface area contributed by atoms with Crippen molar-refractivity contribution in [3.63, 3.8) is 0 Å². The molecule has 0 spiro atoms. The van der Waals surface area contributed by atoms with Crippen molar-refractivity contribution in [1.82, 2.24) is 0 Å². The predicted octanol–water partition coefficient (Wildman–Crippen LogP) is 3.78. The smallest absolute Gasteiger partial charge is 0.106 e. The van der Waals surface area contributed by atoms with E-state index < -0.39 is 0 Å². The van der Waals surface area contributed by atoms with Crippen molar-refractivity contribution in [3.05, 3.63) is 22.6 Å². The normalized spacial score (nSPS) is 19.2. The quantitative estimate of drug-likeness (QED) is 0.843. The average Bonchev–Trinajstić information content (AvgIpc) is 2.77. The lowest BCUT2D eigenvalue weighted by molar-refractivity contribution is 0.441. The maximum absolute atomic E-state index is 6.33. The Kier molecular flexibility index (Phi) is 3.38. The molecular weight excluding hydrogens is 198 g/mol. The van der Waals surface area contributed by atoms with Gasteiger partial charge in [0.2, 0.25) is 0 Å². The lowest BCUT2D eigenvalue weighted by Gasteiger charge is -2.16. The van der Waals surface area contributed by atoms with Crippen LogP contribution < -0.4 is 5.73 Å². The highest BCUT2D eigenvalue weighted by molar-refractivity contribution is 5.34.